The molecule has 0 unspecified atom stereocenters. The Morgan fingerprint density at radius 2 is 1.83 bits per heavy atom. The molecule has 4 rings (SSSR count). The van der Waals surface area contributed by atoms with Crippen LogP contribution in [-0.4, -0.2) is 22.3 Å². The van der Waals surface area contributed by atoms with Gasteiger partial charge in [0.1, 0.15) is 0 Å². The van der Waals surface area contributed by atoms with Crippen molar-refractivity contribution in [2.45, 2.75) is 52.2 Å². The zero-order valence-electron chi connectivity index (χ0n) is 14.0. The summed E-state index contributed by atoms with van der Waals surface area (Å²) in [6.45, 7) is 5.79. The highest BCUT2D eigenvalue weighted by Gasteiger charge is 2.57. The third-order valence-corrected chi connectivity index (χ3v) is 5.59. The second-order valence-electron chi connectivity index (χ2n) is 7.70. The number of aliphatic imine (C=N–C) groups is 1. The summed E-state index contributed by atoms with van der Waals surface area (Å²) in [6, 6.07) is 8.25. The SMILES string of the molecule is CC1=N[C@@](C)(O)C[C@]12CC(=O)C(c1ccc(C)cc1)=C2C1CC1. The highest BCUT2D eigenvalue weighted by atomic mass is 16.3. The normalized spacial score (nSPS) is 33.7. The molecule has 3 heteroatoms. The zero-order valence-corrected chi connectivity index (χ0v) is 14.0. The van der Waals surface area contributed by atoms with E-state index >= 15 is 0 Å². The molecule has 0 bridgehead atoms. The fourth-order valence-electron chi connectivity index (χ4n) is 4.54. The van der Waals surface area contributed by atoms with Gasteiger partial charge in [0.2, 0.25) is 0 Å². The van der Waals surface area contributed by atoms with E-state index < -0.39 is 5.72 Å². The van der Waals surface area contributed by atoms with Crippen LogP contribution in [0.2, 0.25) is 0 Å². The number of Topliss-reactive ketones (excluding diaryl/α,β-unsaturated/α-hetero) is 1. The van der Waals surface area contributed by atoms with E-state index in [1.807, 2.05) is 6.92 Å². The van der Waals surface area contributed by atoms with E-state index in [-0.39, 0.29) is 11.2 Å². The highest BCUT2D eigenvalue weighted by molar-refractivity contribution is 6.27. The molecule has 1 fully saturated rings. The van der Waals surface area contributed by atoms with Crippen LogP contribution in [0.3, 0.4) is 0 Å². The molecule has 2 atom stereocenters. The summed E-state index contributed by atoms with van der Waals surface area (Å²) in [5.74, 6) is 0.694. The fourth-order valence-corrected chi connectivity index (χ4v) is 4.54. The first-order valence-corrected chi connectivity index (χ1v) is 8.47. The van der Waals surface area contributed by atoms with Crippen LogP contribution in [0.4, 0.5) is 0 Å². The van der Waals surface area contributed by atoms with Crippen molar-refractivity contribution in [3.8, 4) is 0 Å². The molecule has 1 aromatic rings. The van der Waals surface area contributed by atoms with Crippen LogP contribution in [0.15, 0.2) is 34.8 Å². The first-order chi connectivity index (χ1) is 10.8. The third kappa shape index (κ3) is 2.21. The van der Waals surface area contributed by atoms with Crippen LogP contribution in [0, 0.1) is 18.3 Å². The maximum absolute atomic E-state index is 12.9. The quantitative estimate of drug-likeness (QED) is 0.905. The summed E-state index contributed by atoms with van der Waals surface area (Å²) in [4.78, 5) is 17.4. The van der Waals surface area contributed by atoms with E-state index in [1.165, 1.54) is 11.1 Å². The topological polar surface area (TPSA) is 49.7 Å². The van der Waals surface area contributed by atoms with Gasteiger partial charge in [-0.1, -0.05) is 29.8 Å². The average molecular weight is 309 g/mol. The average Bonchev–Trinajstić information content (AvgIpc) is 3.20. The number of rotatable bonds is 2. The minimum Gasteiger partial charge on any atom is -0.369 e. The first-order valence-electron chi connectivity index (χ1n) is 8.47. The number of nitrogens with zero attached hydrogens (tertiary/aromatic N) is 1. The first kappa shape index (κ1) is 14.8. The molecule has 3 nitrogen and oxygen atoms in total. The van der Waals surface area contributed by atoms with Gasteiger partial charge in [-0.05, 0) is 50.7 Å². The number of carbonyl (C=O) groups excluding carboxylic acids is 1. The molecular weight excluding hydrogens is 286 g/mol. The summed E-state index contributed by atoms with van der Waals surface area (Å²) in [6.07, 6.45) is 3.30. The Hall–Kier alpha value is -1.74. The Bertz CT molecular complexity index is 750. The summed E-state index contributed by atoms with van der Waals surface area (Å²) in [5, 5.41) is 10.5. The number of ketones is 1. The minimum absolute atomic E-state index is 0.211. The molecule has 0 radical (unpaired) electrons. The molecule has 3 aliphatic rings. The van der Waals surface area contributed by atoms with Gasteiger partial charge in [-0.15, -0.1) is 0 Å². The van der Waals surface area contributed by atoms with Gasteiger partial charge >= 0.3 is 0 Å². The molecule has 1 heterocycles. The summed E-state index contributed by atoms with van der Waals surface area (Å²) in [7, 11) is 0. The fraction of sp³-hybridized carbons (Fsp3) is 0.500. The maximum Gasteiger partial charge on any atom is 0.164 e. The number of allylic oxidation sites excluding steroid dienone is 2. The van der Waals surface area contributed by atoms with Gasteiger partial charge in [0.25, 0.3) is 0 Å². The van der Waals surface area contributed by atoms with E-state index in [9.17, 15) is 9.90 Å². The molecule has 2 aliphatic carbocycles. The van der Waals surface area contributed by atoms with Crippen molar-refractivity contribution < 1.29 is 9.90 Å². The van der Waals surface area contributed by atoms with Gasteiger partial charge in [-0.25, -0.2) is 0 Å². The number of aliphatic hydroxyl groups is 1. The monoisotopic (exact) mass is 309 g/mol. The molecule has 0 aromatic heterocycles. The van der Waals surface area contributed by atoms with Crippen molar-refractivity contribution in [3.05, 3.63) is 41.0 Å². The Morgan fingerprint density at radius 1 is 1.17 bits per heavy atom. The second kappa shape index (κ2) is 4.64. The van der Waals surface area contributed by atoms with Crippen LogP contribution in [-0.2, 0) is 4.79 Å². The van der Waals surface area contributed by atoms with Crippen molar-refractivity contribution >= 4 is 17.1 Å². The van der Waals surface area contributed by atoms with Crippen molar-refractivity contribution in [2.75, 3.05) is 0 Å². The molecule has 1 aromatic carbocycles. The number of hydrogen-bond acceptors (Lipinski definition) is 3. The molecule has 0 saturated heterocycles. The molecular formula is C20H23NO2. The summed E-state index contributed by atoms with van der Waals surface area (Å²) in [5.41, 5.74) is 3.92. The van der Waals surface area contributed by atoms with E-state index in [1.54, 1.807) is 6.92 Å². The Kier molecular flexibility index (Phi) is 2.99. The van der Waals surface area contributed by atoms with Crippen LogP contribution >= 0.6 is 0 Å². The van der Waals surface area contributed by atoms with E-state index in [4.69, 9.17) is 0 Å². The van der Waals surface area contributed by atoms with Gasteiger partial charge < -0.3 is 5.11 Å². The molecule has 120 valence electrons. The van der Waals surface area contributed by atoms with Crippen molar-refractivity contribution in [1.82, 2.24) is 0 Å². The highest BCUT2D eigenvalue weighted by Crippen LogP contribution is 2.60. The predicted octanol–water partition coefficient (Wildman–Crippen LogP) is 3.69. The molecule has 1 aliphatic heterocycles. The Balaban J connectivity index is 1.90. The Morgan fingerprint density at radius 3 is 2.35 bits per heavy atom. The largest absolute Gasteiger partial charge is 0.369 e. The molecule has 1 spiro atoms. The lowest BCUT2D eigenvalue weighted by atomic mass is 9.72. The number of aryl methyl sites for hydroxylation is 1. The standard InChI is InChI=1S/C20H23NO2/c1-12-4-6-14(7-5-12)17-16(22)10-20(18(17)15-8-9-15)11-19(3,23)21-13(20)2/h4-7,15,23H,8-11H2,1-3H3/t19-,20+/m0/s1. The van der Waals surface area contributed by atoms with E-state index in [2.05, 4.69) is 36.2 Å². The number of hydrogen-bond donors (Lipinski definition) is 1. The van der Waals surface area contributed by atoms with Crippen molar-refractivity contribution in [3.63, 3.8) is 0 Å². The summed E-state index contributed by atoms with van der Waals surface area (Å²) >= 11 is 0. The Labute approximate surface area is 137 Å². The van der Waals surface area contributed by atoms with Crippen LogP contribution in [0.1, 0.15) is 50.7 Å². The lowest BCUT2D eigenvalue weighted by Gasteiger charge is -2.29. The maximum atomic E-state index is 12.9. The van der Waals surface area contributed by atoms with Crippen LogP contribution < -0.4 is 0 Å². The van der Waals surface area contributed by atoms with Crippen LogP contribution in [0.25, 0.3) is 5.57 Å². The predicted molar refractivity (Wildman–Crippen MR) is 91.2 cm³/mol. The van der Waals surface area contributed by atoms with Crippen molar-refractivity contribution in [2.24, 2.45) is 16.3 Å². The number of benzene rings is 1. The third-order valence-electron chi connectivity index (χ3n) is 5.59. The smallest absolute Gasteiger partial charge is 0.164 e. The molecule has 0 amide bonds. The van der Waals surface area contributed by atoms with Gasteiger partial charge in [-0.2, -0.15) is 0 Å². The second-order valence-corrected chi connectivity index (χ2v) is 7.70. The van der Waals surface area contributed by atoms with Gasteiger partial charge in [0.15, 0.2) is 11.5 Å². The lowest BCUT2D eigenvalue weighted by molar-refractivity contribution is -0.114. The summed E-state index contributed by atoms with van der Waals surface area (Å²) < 4.78 is 0. The van der Waals surface area contributed by atoms with Crippen LogP contribution in [0.5, 0.6) is 0 Å². The van der Waals surface area contributed by atoms with Gasteiger partial charge in [0, 0.05) is 29.5 Å². The van der Waals surface area contributed by atoms with Gasteiger partial charge in [-0.3, -0.25) is 9.79 Å². The molecule has 23 heavy (non-hydrogen) atoms. The number of carbonyl (C=O) groups is 1. The minimum atomic E-state index is -1.05. The van der Waals surface area contributed by atoms with E-state index in [0.717, 1.165) is 29.7 Å². The zero-order chi connectivity index (χ0) is 16.4. The van der Waals surface area contributed by atoms with Crippen molar-refractivity contribution in [1.29, 1.82) is 0 Å². The molecule has 1 N–H and O–H groups in total. The molecule has 1 saturated carbocycles. The lowest BCUT2D eigenvalue weighted by Crippen LogP contribution is -2.31. The van der Waals surface area contributed by atoms with E-state index in [0.29, 0.717) is 18.8 Å². The van der Waals surface area contributed by atoms with Gasteiger partial charge in [0.05, 0.1) is 0 Å².